The van der Waals surface area contributed by atoms with Crippen molar-refractivity contribution in [2.45, 2.75) is 6.54 Å². The molecule has 0 saturated heterocycles. The molecule has 0 unspecified atom stereocenters. The molecule has 2 aromatic rings. The molecular weight excluding hydrogens is 350 g/mol. The van der Waals surface area contributed by atoms with E-state index in [1.807, 2.05) is 42.6 Å². The number of hydrogen-bond acceptors (Lipinski definition) is 4. The number of pyridine rings is 1. The quantitative estimate of drug-likeness (QED) is 0.786. The zero-order valence-corrected chi connectivity index (χ0v) is 14.5. The van der Waals surface area contributed by atoms with Gasteiger partial charge in [-0.3, -0.25) is 9.78 Å². The van der Waals surface area contributed by atoms with E-state index in [2.05, 4.69) is 25.8 Å². The summed E-state index contributed by atoms with van der Waals surface area (Å²) in [7, 11) is 4.02. The van der Waals surface area contributed by atoms with Gasteiger partial charge in [0.15, 0.2) is 0 Å². The molecule has 0 atom stereocenters. The maximum absolute atomic E-state index is 12.7. The molecule has 0 aromatic carbocycles. The lowest BCUT2D eigenvalue weighted by Gasteiger charge is -2.24. The number of nitrogens with zero attached hydrogens (tertiary/aromatic N) is 3. The van der Waals surface area contributed by atoms with Crippen LogP contribution in [0.1, 0.15) is 15.2 Å². The van der Waals surface area contributed by atoms with Gasteiger partial charge < -0.3 is 9.80 Å². The standard InChI is InChI=1S/C15H18BrN3OS/c1-18(2)7-8-19(11-12-4-3-6-17-10-12)15(20)14-13(16)5-9-21-14/h3-6,9-10H,7-8,11H2,1-2H3. The summed E-state index contributed by atoms with van der Waals surface area (Å²) >= 11 is 4.90. The molecule has 21 heavy (non-hydrogen) atoms. The monoisotopic (exact) mass is 367 g/mol. The van der Waals surface area contributed by atoms with Crippen LogP contribution in [-0.2, 0) is 6.54 Å². The van der Waals surface area contributed by atoms with E-state index in [0.717, 1.165) is 21.5 Å². The molecule has 2 aromatic heterocycles. The van der Waals surface area contributed by atoms with Crippen molar-refractivity contribution in [1.29, 1.82) is 0 Å². The molecule has 2 heterocycles. The molecule has 112 valence electrons. The first kappa shape index (κ1) is 16.1. The van der Waals surface area contributed by atoms with E-state index in [-0.39, 0.29) is 5.91 Å². The van der Waals surface area contributed by atoms with Gasteiger partial charge in [0.05, 0.1) is 0 Å². The topological polar surface area (TPSA) is 36.4 Å². The van der Waals surface area contributed by atoms with E-state index >= 15 is 0 Å². The summed E-state index contributed by atoms with van der Waals surface area (Å²) in [6.45, 7) is 2.09. The van der Waals surface area contributed by atoms with Crippen molar-refractivity contribution in [2.75, 3.05) is 27.2 Å². The zero-order chi connectivity index (χ0) is 15.2. The van der Waals surface area contributed by atoms with E-state index < -0.39 is 0 Å². The molecule has 6 heteroatoms. The van der Waals surface area contributed by atoms with Gasteiger partial charge in [-0.1, -0.05) is 6.07 Å². The Hall–Kier alpha value is -1.24. The second-order valence-electron chi connectivity index (χ2n) is 4.99. The largest absolute Gasteiger partial charge is 0.332 e. The number of halogens is 1. The maximum atomic E-state index is 12.7. The summed E-state index contributed by atoms with van der Waals surface area (Å²) in [5, 5.41) is 1.92. The Labute approximate surface area is 137 Å². The van der Waals surface area contributed by atoms with E-state index in [4.69, 9.17) is 0 Å². The number of carbonyl (C=O) groups is 1. The first-order valence-corrected chi connectivity index (χ1v) is 8.31. The highest BCUT2D eigenvalue weighted by Crippen LogP contribution is 2.24. The molecule has 0 aliphatic carbocycles. The smallest absolute Gasteiger partial charge is 0.265 e. The SMILES string of the molecule is CN(C)CCN(Cc1cccnc1)C(=O)c1sccc1Br. The molecule has 0 fully saturated rings. The highest BCUT2D eigenvalue weighted by molar-refractivity contribution is 9.10. The lowest BCUT2D eigenvalue weighted by molar-refractivity contribution is 0.0736. The Kier molecular flexibility index (Phi) is 5.90. The number of thiophene rings is 1. The minimum absolute atomic E-state index is 0.0579. The molecule has 0 N–H and O–H groups in total. The Morgan fingerprint density at radius 2 is 2.14 bits per heavy atom. The first-order valence-electron chi connectivity index (χ1n) is 6.64. The average molecular weight is 368 g/mol. The number of rotatable bonds is 6. The molecule has 0 spiro atoms. The summed E-state index contributed by atoms with van der Waals surface area (Å²) in [5.74, 6) is 0.0579. The van der Waals surface area contributed by atoms with Crippen LogP contribution in [0.5, 0.6) is 0 Å². The predicted octanol–water partition coefficient (Wildman–Crippen LogP) is 3.11. The third-order valence-corrected chi connectivity index (χ3v) is 4.84. The van der Waals surface area contributed by atoms with Crippen LogP contribution in [0.4, 0.5) is 0 Å². The first-order chi connectivity index (χ1) is 10.1. The Balaban J connectivity index is 2.15. The van der Waals surface area contributed by atoms with Crippen molar-refractivity contribution < 1.29 is 4.79 Å². The van der Waals surface area contributed by atoms with Crippen LogP contribution in [0.25, 0.3) is 0 Å². The van der Waals surface area contributed by atoms with Crippen LogP contribution in [0.3, 0.4) is 0 Å². The van der Waals surface area contributed by atoms with Gasteiger partial charge in [0.1, 0.15) is 4.88 Å². The van der Waals surface area contributed by atoms with E-state index in [0.29, 0.717) is 13.1 Å². The predicted molar refractivity (Wildman–Crippen MR) is 89.6 cm³/mol. The minimum atomic E-state index is 0.0579. The van der Waals surface area contributed by atoms with Crippen molar-refractivity contribution in [3.8, 4) is 0 Å². The van der Waals surface area contributed by atoms with Gasteiger partial charge in [-0.25, -0.2) is 0 Å². The summed E-state index contributed by atoms with van der Waals surface area (Å²) in [4.78, 5) is 21.5. The molecule has 0 radical (unpaired) electrons. The van der Waals surface area contributed by atoms with Crippen LogP contribution in [-0.4, -0.2) is 47.9 Å². The van der Waals surface area contributed by atoms with Crippen molar-refractivity contribution in [2.24, 2.45) is 0 Å². The number of aromatic nitrogens is 1. The lowest BCUT2D eigenvalue weighted by atomic mass is 10.2. The Morgan fingerprint density at radius 3 is 2.71 bits per heavy atom. The third-order valence-electron chi connectivity index (χ3n) is 3.01. The second-order valence-corrected chi connectivity index (χ2v) is 6.76. The van der Waals surface area contributed by atoms with E-state index in [9.17, 15) is 4.79 Å². The Bertz CT molecular complexity index is 586. The average Bonchev–Trinajstić information content (AvgIpc) is 2.90. The number of likely N-dealkylation sites (N-methyl/N-ethyl adjacent to an activating group) is 1. The van der Waals surface area contributed by atoms with Crippen LogP contribution < -0.4 is 0 Å². The van der Waals surface area contributed by atoms with Crippen molar-refractivity contribution >= 4 is 33.2 Å². The van der Waals surface area contributed by atoms with Crippen LogP contribution in [0.2, 0.25) is 0 Å². The van der Waals surface area contributed by atoms with Gasteiger partial charge in [0.2, 0.25) is 0 Å². The summed E-state index contributed by atoms with van der Waals surface area (Å²) < 4.78 is 0.860. The van der Waals surface area contributed by atoms with Crippen molar-refractivity contribution in [3.63, 3.8) is 0 Å². The van der Waals surface area contributed by atoms with Crippen LogP contribution in [0.15, 0.2) is 40.4 Å². The van der Waals surface area contributed by atoms with Gasteiger partial charge in [0, 0.05) is 36.5 Å². The normalized spacial score (nSPS) is 10.9. The minimum Gasteiger partial charge on any atom is -0.332 e. The second kappa shape index (κ2) is 7.68. The zero-order valence-electron chi connectivity index (χ0n) is 12.1. The highest BCUT2D eigenvalue weighted by Gasteiger charge is 2.19. The number of amides is 1. The van der Waals surface area contributed by atoms with E-state index in [1.54, 1.807) is 12.4 Å². The fourth-order valence-electron chi connectivity index (χ4n) is 1.88. The lowest BCUT2D eigenvalue weighted by Crippen LogP contribution is -2.36. The van der Waals surface area contributed by atoms with Crippen LogP contribution >= 0.6 is 27.3 Å². The number of carbonyl (C=O) groups excluding carboxylic acids is 1. The van der Waals surface area contributed by atoms with Gasteiger partial charge in [-0.15, -0.1) is 11.3 Å². The molecule has 0 aliphatic heterocycles. The van der Waals surface area contributed by atoms with Gasteiger partial charge >= 0.3 is 0 Å². The molecule has 4 nitrogen and oxygen atoms in total. The summed E-state index contributed by atoms with van der Waals surface area (Å²) in [5.41, 5.74) is 1.04. The molecule has 2 rings (SSSR count). The maximum Gasteiger partial charge on any atom is 0.265 e. The Morgan fingerprint density at radius 1 is 1.33 bits per heavy atom. The fourth-order valence-corrected chi connectivity index (χ4v) is 3.38. The van der Waals surface area contributed by atoms with Gasteiger partial charge in [-0.2, -0.15) is 0 Å². The summed E-state index contributed by atoms with van der Waals surface area (Å²) in [6.07, 6.45) is 3.55. The summed E-state index contributed by atoms with van der Waals surface area (Å²) in [6, 6.07) is 5.80. The van der Waals surface area contributed by atoms with Gasteiger partial charge in [-0.05, 0) is 53.1 Å². The molecule has 0 bridgehead atoms. The van der Waals surface area contributed by atoms with E-state index in [1.165, 1.54) is 11.3 Å². The fraction of sp³-hybridized carbons (Fsp3) is 0.333. The third kappa shape index (κ3) is 4.62. The van der Waals surface area contributed by atoms with Gasteiger partial charge in [0.25, 0.3) is 5.91 Å². The molecular formula is C15H18BrN3OS. The molecule has 0 saturated carbocycles. The highest BCUT2D eigenvalue weighted by atomic mass is 79.9. The van der Waals surface area contributed by atoms with Crippen molar-refractivity contribution in [1.82, 2.24) is 14.8 Å². The van der Waals surface area contributed by atoms with Crippen molar-refractivity contribution in [3.05, 3.63) is 50.9 Å². The molecule has 0 aliphatic rings. The molecule has 1 amide bonds. The number of hydrogen-bond donors (Lipinski definition) is 0. The van der Waals surface area contributed by atoms with Crippen LogP contribution in [0, 0.1) is 0 Å².